The van der Waals surface area contributed by atoms with E-state index in [1.54, 1.807) is 0 Å². The molecule has 0 aromatic carbocycles. The van der Waals surface area contributed by atoms with Crippen LogP contribution >= 0.6 is 0 Å². The maximum absolute atomic E-state index is 11.2. The van der Waals surface area contributed by atoms with Crippen LogP contribution < -0.4 is 5.32 Å². The van der Waals surface area contributed by atoms with Crippen molar-refractivity contribution in [3.63, 3.8) is 0 Å². The highest BCUT2D eigenvalue weighted by molar-refractivity contribution is 5.76. The minimum atomic E-state index is 0.0972. The molecule has 1 aliphatic heterocycles. The van der Waals surface area contributed by atoms with Crippen molar-refractivity contribution in [2.24, 2.45) is 0 Å². The summed E-state index contributed by atoms with van der Waals surface area (Å²) in [6.45, 7) is 4.45. The Morgan fingerprint density at radius 1 is 1.62 bits per heavy atom. The first-order valence-electron chi connectivity index (χ1n) is 4.97. The minimum Gasteiger partial charge on any atom is -0.378 e. The molecule has 0 radical (unpaired) electrons. The Morgan fingerprint density at radius 3 is 2.92 bits per heavy atom. The Bertz CT molecular complexity index is 202. The second-order valence-corrected chi connectivity index (χ2v) is 3.63. The number of rotatable bonds is 3. The maximum Gasteiger partial charge on any atom is 0.317 e. The maximum atomic E-state index is 11.2. The summed E-state index contributed by atoms with van der Waals surface area (Å²) in [5.41, 5.74) is 0. The predicted octanol–water partition coefficient (Wildman–Crippen LogP) is 0.579. The molecule has 74 valence electrons. The molecule has 1 saturated carbocycles. The summed E-state index contributed by atoms with van der Waals surface area (Å²) >= 11 is 0. The van der Waals surface area contributed by atoms with E-state index in [0.717, 1.165) is 32.5 Å². The Morgan fingerprint density at radius 2 is 2.38 bits per heavy atom. The molecule has 2 rings (SSSR count). The van der Waals surface area contributed by atoms with Gasteiger partial charge in [-0.05, 0) is 19.8 Å². The third kappa shape index (κ3) is 1.63. The van der Waals surface area contributed by atoms with Crippen molar-refractivity contribution in [3.8, 4) is 0 Å². The molecule has 2 amide bonds. The zero-order valence-electron chi connectivity index (χ0n) is 7.95. The molecule has 0 bridgehead atoms. The molecule has 0 unspecified atom stereocenters. The molecule has 1 saturated heterocycles. The SMILES string of the molecule is CCOC1CC(N2CCNC2=O)C1. The first-order chi connectivity index (χ1) is 6.31. The van der Waals surface area contributed by atoms with E-state index < -0.39 is 0 Å². The zero-order valence-corrected chi connectivity index (χ0v) is 7.95. The largest absolute Gasteiger partial charge is 0.378 e. The van der Waals surface area contributed by atoms with Crippen LogP contribution in [0.3, 0.4) is 0 Å². The average molecular weight is 184 g/mol. The van der Waals surface area contributed by atoms with Crippen molar-refractivity contribution in [1.29, 1.82) is 0 Å². The van der Waals surface area contributed by atoms with E-state index in [-0.39, 0.29) is 6.03 Å². The van der Waals surface area contributed by atoms with E-state index in [1.807, 2.05) is 11.8 Å². The van der Waals surface area contributed by atoms with Crippen molar-refractivity contribution in [2.45, 2.75) is 31.9 Å². The number of amides is 2. The van der Waals surface area contributed by atoms with Gasteiger partial charge in [0.2, 0.25) is 0 Å². The first kappa shape index (κ1) is 8.81. The lowest BCUT2D eigenvalue weighted by Crippen LogP contribution is -2.49. The molecule has 1 heterocycles. The van der Waals surface area contributed by atoms with Gasteiger partial charge in [0.05, 0.1) is 6.10 Å². The van der Waals surface area contributed by atoms with Gasteiger partial charge in [-0.15, -0.1) is 0 Å². The molecule has 1 N–H and O–H groups in total. The standard InChI is InChI=1S/C9H16N2O2/c1-2-13-8-5-7(6-8)11-4-3-10-9(11)12/h7-8H,2-6H2,1H3,(H,10,12). The lowest BCUT2D eigenvalue weighted by molar-refractivity contribution is -0.0318. The van der Waals surface area contributed by atoms with Gasteiger partial charge in [-0.1, -0.05) is 0 Å². The van der Waals surface area contributed by atoms with Gasteiger partial charge in [0.1, 0.15) is 0 Å². The molecule has 0 aromatic rings. The number of hydrogen-bond donors (Lipinski definition) is 1. The van der Waals surface area contributed by atoms with Gasteiger partial charge in [0, 0.05) is 25.7 Å². The smallest absolute Gasteiger partial charge is 0.317 e. The lowest BCUT2D eigenvalue weighted by atomic mass is 9.88. The summed E-state index contributed by atoms with van der Waals surface area (Å²) in [5, 5.41) is 2.81. The van der Waals surface area contributed by atoms with Crippen LogP contribution in [0.4, 0.5) is 4.79 Å². The molecule has 0 atom stereocenters. The van der Waals surface area contributed by atoms with Crippen molar-refractivity contribution >= 4 is 6.03 Å². The van der Waals surface area contributed by atoms with Crippen LogP contribution in [-0.4, -0.2) is 42.8 Å². The topological polar surface area (TPSA) is 41.6 Å². The van der Waals surface area contributed by atoms with E-state index >= 15 is 0 Å². The molecule has 13 heavy (non-hydrogen) atoms. The summed E-state index contributed by atoms with van der Waals surface area (Å²) in [4.78, 5) is 13.2. The van der Waals surface area contributed by atoms with Crippen LogP contribution in [0.1, 0.15) is 19.8 Å². The van der Waals surface area contributed by atoms with Crippen molar-refractivity contribution in [2.75, 3.05) is 19.7 Å². The highest BCUT2D eigenvalue weighted by atomic mass is 16.5. The van der Waals surface area contributed by atoms with Crippen LogP contribution in [0.25, 0.3) is 0 Å². The number of hydrogen-bond acceptors (Lipinski definition) is 2. The number of carbonyl (C=O) groups excluding carboxylic acids is 1. The Kier molecular flexibility index (Phi) is 2.40. The Balaban J connectivity index is 1.76. The fraction of sp³-hybridized carbons (Fsp3) is 0.889. The molecule has 0 spiro atoms. The molecule has 2 aliphatic rings. The van der Waals surface area contributed by atoms with E-state index in [2.05, 4.69) is 5.32 Å². The molecule has 4 heteroatoms. The molecular formula is C9H16N2O2. The molecule has 2 fully saturated rings. The number of nitrogens with zero attached hydrogens (tertiary/aromatic N) is 1. The normalized spacial score (nSPS) is 33.0. The van der Waals surface area contributed by atoms with Gasteiger partial charge in [-0.25, -0.2) is 4.79 Å². The van der Waals surface area contributed by atoms with Gasteiger partial charge in [0.25, 0.3) is 0 Å². The van der Waals surface area contributed by atoms with Crippen LogP contribution in [0.15, 0.2) is 0 Å². The molecule has 0 aromatic heterocycles. The Labute approximate surface area is 78.2 Å². The average Bonchev–Trinajstić information content (AvgIpc) is 2.43. The monoisotopic (exact) mass is 184 g/mol. The lowest BCUT2D eigenvalue weighted by Gasteiger charge is -2.40. The van der Waals surface area contributed by atoms with Gasteiger partial charge in [-0.2, -0.15) is 0 Å². The highest BCUT2D eigenvalue weighted by Gasteiger charge is 2.38. The van der Waals surface area contributed by atoms with E-state index in [4.69, 9.17) is 4.74 Å². The van der Waals surface area contributed by atoms with E-state index in [0.29, 0.717) is 12.1 Å². The van der Waals surface area contributed by atoms with Gasteiger partial charge in [-0.3, -0.25) is 0 Å². The highest BCUT2D eigenvalue weighted by Crippen LogP contribution is 2.28. The van der Waals surface area contributed by atoms with Crippen LogP contribution in [0, 0.1) is 0 Å². The second kappa shape index (κ2) is 3.54. The first-order valence-corrected chi connectivity index (χ1v) is 4.97. The molecule has 4 nitrogen and oxygen atoms in total. The Hall–Kier alpha value is -0.770. The van der Waals surface area contributed by atoms with Crippen molar-refractivity contribution in [1.82, 2.24) is 10.2 Å². The van der Waals surface area contributed by atoms with Crippen LogP contribution in [0.5, 0.6) is 0 Å². The molecule has 1 aliphatic carbocycles. The third-order valence-electron chi connectivity index (χ3n) is 2.80. The zero-order chi connectivity index (χ0) is 9.26. The summed E-state index contributed by atoms with van der Waals surface area (Å²) in [7, 11) is 0. The fourth-order valence-electron chi connectivity index (χ4n) is 2.00. The van der Waals surface area contributed by atoms with Crippen molar-refractivity contribution < 1.29 is 9.53 Å². The number of ether oxygens (including phenoxy) is 1. The van der Waals surface area contributed by atoms with Crippen LogP contribution in [-0.2, 0) is 4.74 Å². The second-order valence-electron chi connectivity index (χ2n) is 3.63. The number of urea groups is 1. The van der Waals surface area contributed by atoms with Crippen LogP contribution in [0.2, 0.25) is 0 Å². The van der Waals surface area contributed by atoms with E-state index in [9.17, 15) is 4.79 Å². The third-order valence-corrected chi connectivity index (χ3v) is 2.80. The van der Waals surface area contributed by atoms with Gasteiger partial charge >= 0.3 is 6.03 Å². The van der Waals surface area contributed by atoms with E-state index in [1.165, 1.54) is 0 Å². The predicted molar refractivity (Wildman–Crippen MR) is 48.5 cm³/mol. The van der Waals surface area contributed by atoms with Crippen molar-refractivity contribution in [3.05, 3.63) is 0 Å². The number of nitrogens with one attached hydrogen (secondary N) is 1. The summed E-state index contributed by atoms with van der Waals surface area (Å²) in [6, 6.07) is 0.527. The fourth-order valence-corrected chi connectivity index (χ4v) is 2.00. The summed E-state index contributed by atoms with van der Waals surface area (Å²) < 4.78 is 5.44. The molecular weight excluding hydrogens is 168 g/mol. The summed E-state index contributed by atoms with van der Waals surface area (Å²) in [5.74, 6) is 0. The summed E-state index contributed by atoms with van der Waals surface area (Å²) in [6.07, 6.45) is 2.42. The quantitative estimate of drug-likeness (QED) is 0.697. The minimum absolute atomic E-state index is 0.0972. The number of carbonyl (C=O) groups is 1. The van der Waals surface area contributed by atoms with Gasteiger partial charge in [0.15, 0.2) is 0 Å². The van der Waals surface area contributed by atoms with Gasteiger partial charge < -0.3 is 15.0 Å².